The molecule has 4 fully saturated rings. The minimum atomic E-state index is -1.05. The molecule has 43 heavy (non-hydrogen) atoms. The molecule has 2 N–H and O–H groups in total. The van der Waals surface area contributed by atoms with E-state index in [4.69, 9.17) is 11.6 Å². The number of Topliss-reactive ketones (excluding diaryl/α,β-unsaturated/α-hetero) is 1. The average Bonchev–Trinajstić information content (AvgIpc) is 3.71. The first-order valence-electron chi connectivity index (χ1n) is 15.7. The third-order valence-corrected chi connectivity index (χ3v) is 13.9. The Balaban J connectivity index is 1.28. The molecule has 3 aliphatic heterocycles. The molecule has 9 rings (SSSR count). The average molecular weight is 611 g/mol. The number of anilines is 1. The second-order valence-electron chi connectivity index (χ2n) is 14.0. The molecule has 6 aliphatic rings. The summed E-state index contributed by atoms with van der Waals surface area (Å²) in [5.74, 6) is 3.03. The number of hydrogen-bond donors (Lipinski definition) is 2. The fraction of sp³-hybridized carbons (Fsp3) is 0.444. The van der Waals surface area contributed by atoms with E-state index in [9.17, 15) is 9.90 Å². The van der Waals surface area contributed by atoms with Crippen molar-refractivity contribution in [3.05, 3.63) is 94.0 Å². The van der Waals surface area contributed by atoms with E-state index in [-0.39, 0.29) is 23.8 Å². The third kappa shape index (κ3) is 3.10. The Morgan fingerprint density at radius 1 is 1.05 bits per heavy atom. The van der Waals surface area contributed by atoms with Gasteiger partial charge in [0, 0.05) is 45.3 Å². The lowest BCUT2D eigenvalue weighted by Crippen LogP contribution is -2.59. The second-order valence-corrected chi connectivity index (χ2v) is 15.5. The molecule has 5 nitrogen and oxygen atoms in total. The van der Waals surface area contributed by atoms with E-state index in [1.807, 2.05) is 54.2 Å². The SMILES string of the molecule is C[C@]12CC[C@@H]3c4ccc(O)cc4CC[C@H]3[C@@H]1C[C@@]1(C2=O)[C@@H](c2ccc(Cl)cc2)C2CSCN2[C@]12C(=O)Nc1ccccc12. The molecule has 3 heterocycles. The maximum absolute atomic E-state index is 15.8. The molecule has 0 radical (unpaired) electrons. The molecule has 0 aromatic heterocycles. The molecule has 3 aliphatic carbocycles. The van der Waals surface area contributed by atoms with Crippen molar-refractivity contribution in [2.24, 2.45) is 22.7 Å². The highest BCUT2D eigenvalue weighted by Gasteiger charge is 2.82. The van der Waals surface area contributed by atoms with Crippen LogP contribution < -0.4 is 5.32 Å². The number of hydrogen-bond acceptors (Lipinski definition) is 5. The molecule has 8 atom stereocenters. The first-order valence-corrected chi connectivity index (χ1v) is 17.2. The van der Waals surface area contributed by atoms with Gasteiger partial charge in [0.05, 0.1) is 5.41 Å². The van der Waals surface area contributed by atoms with Crippen LogP contribution in [0.1, 0.15) is 66.7 Å². The summed E-state index contributed by atoms with van der Waals surface area (Å²) in [6, 6.07) is 22.2. The summed E-state index contributed by atoms with van der Waals surface area (Å²) in [4.78, 5) is 33.0. The van der Waals surface area contributed by atoms with Crippen LogP contribution in [0.15, 0.2) is 66.7 Å². The fourth-order valence-corrected chi connectivity index (χ4v) is 12.5. The smallest absolute Gasteiger partial charge is 0.250 e. The summed E-state index contributed by atoms with van der Waals surface area (Å²) >= 11 is 8.28. The van der Waals surface area contributed by atoms with E-state index in [0.29, 0.717) is 34.8 Å². The van der Waals surface area contributed by atoms with Crippen LogP contribution in [0, 0.1) is 22.7 Å². The van der Waals surface area contributed by atoms with E-state index >= 15 is 4.79 Å². The Labute approximate surface area is 261 Å². The van der Waals surface area contributed by atoms with Crippen molar-refractivity contribution >= 4 is 40.7 Å². The number of nitrogens with zero attached hydrogens (tertiary/aromatic N) is 1. The zero-order valence-corrected chi connectivity index (χ0v) is 25.8. The number of phenolic OH excluding ortho intramolecular Hbond substituents is 1. The number of para-hydroxylation sites is 1. The van der Waals surface area contributed by atoms with Crippen molar-refractivity contribution < 1.29 is 14.7 Å². The monoisotopic (exact) mass is 610 g/mol. The van der Waals surface area contributed by atoms with Crippen LogP contribution in [0.5, 0.6) is 5.75 Å². The molecule has 1 unspecified atom stereocenters. The van der Waals surface area contributed by atoms with Crippen molar-refractivity contribution in [2.45, 2.75) is 62.4 Å². The minimum absolute atomic E-state index is 0.0331. The van der Waals surface area contributed by atoms with Crippen LogP contribution in [-0.2, 0) is 21.5 Å². The summed E-state index contributed by atoms with van der Waals surface area (Å²) in [5.41, 5.74) is 3.09. The van der Waals surface area contributed by atoms with Gasteiger partial charge >= 0.3 is 0 Å². The van der Waals surface area contributed by atoms with Crippen molar-refractivity contribution in [2.75, 3.05) is 16.9 Å². The maximum Gasteiger partial charge on any atom is 0.250 e. The van der Waals surface area contributed by atoms with Crippen LogP contribution in [-0.4, -0.2) is 39.4 Å². The summed E-state index contributed by atoms with van der Waals surface area (Å²) < 4.78 is 0. The number of aromatic hydroxyl groups is 1. The zero-order chi connectivity index (χ0) is 29.3. The molecule has 2 spiro atoms. The standard InChI is InChI=1S/C36H35ClN2O3S/c1-34-15-14-25-24-13-11-23(40)16-21(24)8-12-26(25)28(34)17-35(32(34)41)31(20-6-9-22(37)10-7-20)30-18-43-19-39(30)36(35)27-4-2-3-5-29(27)38-33(36)42/h2-7,9-11,13,16,25-26,28,30-31,40H,8,12,14-15,17-19H2,1H3,(H,38,42)/t25-,26-,28+,30?,31+,34+,35+,36-/m1/s1. The molecular formula is C36H35ClN2O3S. The number of aryl methyl sites for hydroxylation is 1. The van der Waals surface area contributed by atoms with Crippen molar-refractivity contribution in [3.63, 3.8) is 0 Å². The number of halogens is 1. The topological polar surface area (TPSA) is 69.6 Å². The number of benzene rings is 3. The van der Waals surface area contributed by atoms with E-state index in [1.165, 1.54) is 11.1 Å². The predicted molar refractivity (Wildman–Crippen MR) is 169 cm³/mol. The van der Waals surface area contributed by atoms with Crippen LogP contribution >= 0.6 is 23.4 Å². The highest BCUT2D eigenvalue weighted by atomic mass is 35.5. The molecule has 0 bridgehead atoms. The Morgan fingerprint density at radius 3 is 2.70 bits per heavy atom. The minimum Gasteiger partial charge on any atom is -0.508 e. The maximum atomic E-state index is 15.8. The molecule has 3 aromatic carbocycles. The Bertz CT molecular complexity index is 1710. The van der Waals surface area contributed by atoms with Crippen LogP contribution in [0.3, 0.4) is 0 Å². The Morgan fingerprint density at radius 2 is 1.86 bits per heavy atom. The normalized spacial score (nSPS) is 39.0. The van der Waals surface area contributed by atoms with Crippen LogP contribution in [0.2, 0.25) is 5.02 Å². The molecular weight excluding hydrogens is 576 g/mol. The molecule has 2 saturated carbocycles. The Kier molecular flexibility index (Phi) is 5.50. The summed E-state index contributed by atoms with van der Waals surface area (Å²) in [6.45, 7) is 2.24. The third-order valence-electron chi connectivity index (χ3n) is 12.6. The number of ketones is 1. The molecule has 1 amide bonds. The van der Waals surface area contributed by atoms with Gasteiger partial charge in [-0.3, -0.25) is 14.5 Å². The molecule has 2 saturated heterocycles. The van der Waals surface area contributed by atoms with Gasteiger partial charge in [0.1, 0.15) is 17.1 Å². The number of nitrogens with one attached hydrogen (secondary N) is 1. The van der Waals surface area contributed by atoms with Gasteiger partial charge in [-0.05, 0) is 96.9 Å². The number of carbonyl (C=O) groups is 2. The van der Waals surface area contributed by atoms with Gasteiger partial charge in [0.15, 0.2) is 0 Å². The highest BCUT2D eigenvalue weighted by Crippen LogP contribution is 2.76. The van der Waals surface area contributed by atoms with Gasteiger partial charge in [-0.2, -0.15) is 0 Å². The number of fused-ring (bicyclic) bond motifs is 10. The van der Waals surface area contributed by atoms with Gasteiger partial charge in [0.25, 0.3) is 5.91 Å². The summed E-state index contributed by atoms with van der Waals surface area (Å²) in [6.07, 6.45) is 4.42. The molecule has 220 valence electrons. The summed E-state index contributed by atoms with van der Waals surface area (Å²) in [5, 5.41) is 14.2. The zero-order valence-electron chi connectivity index (χ0n) is 24.2. The van der Waals surface area contributed by atoms with E-state index in [2.05, 4.69) is 41.4 Å². The lowest BCUT2D eigenvalue weighted by molar-refractivity contribution is -0.147. The van der Waals surface area contributed by atoms with Gasteiger partial charge < -0.3 is 10.4 Å². The largest absolute Gasteiger partial charge is 0.508 e. The van der Waals surface area contributed by atoms with Gasteiger partial charge in [-0.25, -0.2) is 0 Å². The number of carbonyl (C=O) groups excluding carboxylic acids is 2. The fourth-order valence-electron chi connectivity index (χ4n) is 11.1. The highest BCUT2D eigenvalue weighted by molar-refractivity contribution is 7.99. The van der Waals surface area contributed by atoms with E-state index < -0.39 is 16.4 Å². The van der Waals surface area contributed by atoms with Crippen molar-refractivity contribution in [3.8, 4) is 5.75 Å². The van der Waals surface area contributed by atoms with Crippen molar-refractivity contribution in [1.82, 2.24) is 4.90 Å². The Hall–Kier alpha value is -2.80. The first-order chi connectivity index (χ1) is 20.8. The van der Waals surface area contributed by atoms with E-state index in [1.54, 1.807) is 0 Å². The lowest BCUT2D eigenvalue weighted by atomic mass is 9.55. The van der Waals surface area contributed by atoms with Gasteiger partial charge in [-0.15, -0.1) is 11.8 Å². The number of rotatable bonds is 1. The van der Waals surface area contributed by atoms with Gasteiger partial charge in [0.2, 0.25) is 0 Å². The van der Waals surface area contributed by atoms with Crippen LogP contribution in [0.4, 0.5) is 5.69 Å². The van der Waals surface area contributed by atoms with Crippen LogP contribution in [0.25, 0.3) is 0 Å². The predicted octanol–water partition coefficient (Wildman–Crippen LogP) is 7.09. The molecule has 3 aromatic rings. The number of phenols is 1. The van der Waals surface area contributed by atoms with Crippen molar-refractivity contribution in [1.29, 1.82) is 0 Å². The van der Waals surface area contributed by atoms with E-state index in [0.717, 1.165) is 54.1 Å². The second kappa shape index (κ2) is 8.89. The summed E-state index contributed by atoms with van der Waals surface area (Å²) in [7, 11) is 0. The lowest BCUT2D eigenvalue weighted by Gasteiger charge is -2.48. The quantitative estimate of drug-likeness (QED) is 0.308. The molecule has 7 heteroatoms. The first kappa shape index (κ1) is 26.6. The number of thioether (sulfide) groups is 1. The number of amides is 1. The van der Waals surface area contributed by atoms with Gasteiger partial charge in [-0.1, -0.05) is 54.9 Å².